The molecular formula is C23H29N5O. The van der Waals surface area contributed by atoms with Gasteiger partial charge < -0.3 is 20.9 Å². The van der Waals surface area contributed by atoms with Crippen molar-refractivity contribution in [3.05, 3.63) is 71.9 Å². The van der Waals surface area contributed by atoms with Gasteiger partial charge in [0, 0.05) is 36.7 Å². The normalized spacial score (nSPS) is 11.4. The number of carbonyl (C=O) groups is 1. The molecule has 0 fully saturated rings. The van der Waals surface area contributed by atoms with Gasteiger partial charge in [-0.05, 0) is 37.0 Å². The Labute approximate surface area is 171 Å². The van der Waals surface area contributed by atoms with Crippen LogP contribution in [-0.2, 0) is 17.6 Å². The van der Waals surface area contributed by atoms with E-state index in [9.17, 15) is 4.79 Å². The van der Waals surface area contributed by atoms with Crippen molar-refractivity contribution in [1.29, 1.82) is 0 Å². The van der Waals surface area contributed by atoms with Crippen molar-refractivity contribution in [1.82, 2.24) is 20.9 Å². The molecule has 3 aromatic rings. The minimum Gasteiger partial charge on any atom is -0.361 e. The molecule has 1 amide bonds. The van der Waals surface area contributed by atoms with E-state index in [0.29, 0.717) is 12.5 Å². The SMILES string of the molecule is CCNC(=NCC(=O)NCCc1ccccc1)NCCc1c[nH]c2ccccc12. The smallest absolute Gasteiger partial charge is 0.241 e. The van der Waals surface area contributed by atoms with Crippen molar-refractivity contribution in [2.75, 3.05) is 26.2 Å². The highest BCUT2D eigenvalue weighted by atomic mass is 16.1. The Hall–Kier alpha value is -3.28. The molecule has 0 bridgehead atoms. The summed E-state index contributed by atoms with van der Waals surface area (Å²) in [5, 5.41) is 10.7. The lowest BCUT2D eigenvalue weighted by Gasteiger charge is -2.11. The van der Waals surface area contributed by atoms with E-state index in [1.165, 1.54) is 16.5 Å². The summed E-state index contributed by atoms with van der Waals surface area (Å²) in [4.78, 5) is 19.8. The van der Waals surface area contributed by atoms with Gasteiger partial charge in [0.2, 0.25) is 5.91 Å². The maximum atomic E-state index is 12.1. The molecule has 0 aliphatic rings. The highest BCUT2D eigenvalue weighted by Crippen LogP contribution is 2.17. The van der Waals surface area contributed by atoms with E-state index >= 15 is 0 Å². The highest BCUT2D eigenvalue weighted by molar-refractivity contribution is 5.85. The number of para-hydroxylation sites is 1. The molecule has 3 rings (SSSR count). The van der Waals surface area contributed by atoms with Gasteiger partial charge in [0.15, 0.2) is 5.96 Å². The minimum absolute atomic E-state index is 0.0743. The molecule has 0 saturated carbocycles. The number of aliphatic imine (C=N–C) groups is 1. The van der Waals surface area contributed by atoms with E-state index in [1.807, 2.05) is 31.2 Å². The molecule has 152 valence electrons. The van der Waals surface area contributed by atoms with Crippen LogP contribution in [0.3, 0.4) is 0 Å². The molecule has 4 N–H and O–H groups in total. The molecule has 29 heavy (non-hydrogen) atoms. The number of nitrogens with one attached hydrogen (secondary N) is 4. The number of hydrogen-bond donors (Lipinski definition) is 4. The van der Waals surface area contributed by atoms with Crippen LogP contribution in [0.5, 0.6) is 0 Å². The first-order chi connectivity index (χ1) is 14.3. The fraction of sp³-hybridized carbons (Fsp3) is 0.304. The van der Waals surface area contributed by atoms with Gasteiger partial charge >= 0.3 is 0 Å². The molecule has 6 heteroatoms. The number of amides is 1. The van der Waals surface area contributed by atoms with Crippen molar-refractivity contribution in [2.45, 2.75) is 19.8 Å². The van der Waals surface area contributed by atoms with E-state index in [1.54, 1.807) is 0 Å². The summed E-state index contributed by atoms with van der Waals surface area (Å²) in [5.74, 6) is 0.584. The van der Waals surface area contributed by atoms with Gasteiger partial charge in [-0.3, -0.25) is 4.79 Å². The first-order valence-electron chi connectivity index (χ1n) is 10.1. The van der Waals surface area contributed by atoms with E-state index in [4.69, 9.17) is 0 Å². The fourth-order valence-electron chi connectivity index (χ4n) is 3.19. The number of hydrogen-bond acceptors (Lipinski definition) is 2. The summed E-state index contributed by atoms with van der Waals surface area (Å²) in [6.07, 6.45) is 3.74. The highest BCUT2D eigenvalue weighted by Gasteiger charge is 2.05. The number of rotatable bonds is 9. The topological polar surface area (TPSA) is 81.3 Å². The van der Waals surface area contributed by atoms with E-state index in [0.717, 1.165) is 31.4 Å². The number of benzene rings is 2. The average Bonchev–Trinajstić information content (AvgIpc) is 3.16. The zero-order valence-electron chi connectivity index (χ0n) is 16.9. The minimum atomic E-state index is -0.0743. The predicted octanol–water partition coefficient (Wildman–Crippen LogP) is 2.62. The number of fused-ring (bicyclic) bond motifs is 1. The number of guanidine groups is 1. The quantitative estimate of drug-likeness (QED) is 0.334. The second kappa shape index (κ2) is 10.9. The van der Waals surface area contributed by atoms with Crippen molar-refractivity contribution in [3.8, 4) is 0 Å². The van der Waals surface area contributed by atoms with Gasteiger partial charge in [0.1, 0.15) is 6.54 Å². The monoisotopic (exact) mass is 391 g/mol. The Morgan fingerprint density at radius 3 is 2.52 bits per heavy atom. The molecule has 0 radical (unpaired) electrons. The zero-order valence-corrected chi connectivity index (χ0v) is 16.9. The summed E-state index contributed by atoms with van der Waals surface area (Å²) >= 11 is 0. The lowest BCUT2D eigenvalue weighted by atomic mass is 10.1. The molecule has 0 aliphatic heterocycles. The van der Waals surface area contributed by atoms with Gasteiger partial charge in [-0.25, -0.2) is 4.99 Å². The molecule has 0 unspecified atom stereocenters. The van der Waals surface area contributed by atoms with Crippen LogP contribution < -0.4 is 16.0 Å². The molecule has 2 aromatic carbocycles. The Bertz CT molecular complexity index is 933. The zero-order chi connectivity index (χ0) is 20.3. The summed E-state index contributed by atoms with van der Waals surface area (Å²) in [5.41, 5.74) is 3.63. The van der Waals surface area contributed by atoms with Gasteiger partial charge in [0.05, 0.1) is 0 Å². The molecule has 1 aromatic heterocycles. The van der Waals surface area contributed by atoms with Gasteiger partial charge in [-0.15, -0.1) is 0 Å². The summed E-state index contributed by atoms with van der Waals surface area (Å²) < 4.78 is 0. The Morgan fingerprint density at radius 1 is 0.931 bits per heavy atom. The second-order valence-electron chi connectivity index (χ2n) is 6.82. The van der Waals surface area contributed by atoms with Crippen LogP contribution in [0.1, 0.15) is 18.1 Å². The van der Waals surface area contributed by atoms with Crippen LogP contribution in [0.2, 0.25) is 0 Å². The lowest BCUT2D eigenvalue weighted by molar-refractivity contribution is -0.119. The van der Waals surface area contributed by atoms with E-state index in [2.05, 4.69) is 62.5 Å². The average molecular weight is 392 g/mol. The van der Waals surface area contributed by atoms with Crippen molar-refractivity contribution >= 4 is 22.8 Å². The molecule has 0 aliphatic carbocycles. The van der Waals surface area contributed by atoms with E-state index < -0.39 is 0 Å². The first-order valence-corrected chi connectivity index (χ1v) is 10.1. The third-order valence-electron chi connectivity index (χ3n) is 4.67. The third kappa shape index (κ3) is 6.38. The van der Waals surface area contributed by atoms with Crippen molar-refractivity contribution in [3.63, 3.8) is 0 Å². The summed E-state index contributed by atoms with van der Waals surface area (Å²) in [6, 6.07) is 18.4. The summed E-state index contributed by atoms with van der Waals surface area (Å²) in [6.45, 7) is 4.22. The lowest BCUT2D eigenvalue weighted by Crippen LogP contribution is -2.39. The molecule has 0 saturated heterocycles. The van der Waals surface area contributed by atoms with Crippen molar-refractivity contribution in [2.24, 2.45) is 4.99 Å². The number of H-pyrrole nitrogens is 1. The molecule has 0 atom stereocenters. The van der Waals surface area contributed by atoms with Crippen LogP contribution in [0.25, 0.3) is 10.9 Å². The van der Waals surface area contributed by atoms with Crippen LogP contribution in [0.4, 0.5) is 0 Å². The van der Waals surface area contributed by atoms with Crippen LogP contribution >= 0.6 is 0 Å². The first kappa shape index (κ1) is 20.5. The maximum Gasteiger partial charge on any atom is 0.241 e. The third-order valence-corrected chi connectivity index (χ3v) is 4.67. The molecule has 6 nitrogen and oxygen atoms in total. The Kier molecular flexibility index (Phi) is 7.69. The number of carbonyl (C=O) groups excluding carboxylic acids is 1. The van der Waals surface area contributed by atoms with Crippen LogP contribution in [0, 0.1) is 0 Å². The molecule has 0 spiro atoms. The van der Waals surface area contributed by atoms with Gasteiger partial charge in [-0.1, -0.05) is 48.5 Å². The maximum absolute atomic E-state index is 12.1. The number of aromatic nitrogens is 1. The van der Waals surface area contributed by atoms with Crippen LogP contribution in [-0.4, -0.2) is 43.0 Å². The van der Waals surface area contributed by atoms with E-state index in [-0.39, 0.29) is 12.5 Å². The number of aromatic amines is 1. The fourth-order valence-corrected chi connectivity index (χ4v) is 3.19. The number of nitrogens with zero attached hydrogens (tertiary/aromatic N) is 1. The predicted molar refractivity (Wildman–Crippen MR) is 119 cm³/mol. The second-order valence-corrected chi connectivity index (χ2v) is 6.82. The largest absolute Gasteiger partial charge is 0.361 e. The Morgan fingerprint density at radius 2 is 1.69 bits per heavy atom. The van der Waals surface area contributed by atoms with Gasteiger partial charge in [-0.2, -0.15) is 0 Å². The summed E-state index contributed by atoms with van der Waals surface area (Å²) in [7, 11) is 0. The van der Waals surface area contributed by atoms with Gasteiger partial charge in [0.25, 0.3) is 0 Å². The standard InChI is InChI=1S/C23H29N5O/c1-2-24-23(26-15-13-19-16-27-21-11-7-6-10-20(19)21)28-17-22(29)25-14-12-18-8-4-3-5-9-18/h3-11,16,27H,2,12-15,17H2,1H3,(H,25,29)(H2,24,26,28). The Balaban J connectivity index is 1.43. The molecular weight excluding hydrogens is 362 g/mol. The van der Waals surface area contributed by atoms with Crippen molar-refractivity contribution < 1.29 is 4.79 Å². The molecule has 1 heterocycles. The van der Waals surface area contributed by atoms with Crippen LogP contribution in [0.15, 0.2) is 65.8 Å².